The second-order valence-electron chi connectivity index (χ2n) is 7.81. The smallest absolute Gasteiger partial charge is 0.311 e. The monoisotopic (exact) mass is 390 g/mol. The number of rotatable bonds is 15. The molecule has 0 N–H and O–H groups in total. The van der Waals surface area contributed by atoms with E-state index in [0.717, 1.165) is 63.4 Å². The molecule has 0 amide bonds. The minimum atomic E-state index is -0.152. The Labute approximate surface area is 171 Å². The number of esters is 2. The average molecular weight is 391 g/mol. The first-order valence-electron chi connectivity index (χ1n) is 11.0. The molecule has 0 fully saturated rings. The van der Waals surface area contributed by atoms with Gasteiger partial charge in [-0.05, 0) is 49.7 Å². The van der Waals surface area contributed by atoms with Crippen LogP contribution in [0.2, 0.25) is 0 Å². The summed E-state index contributed by atoms with van der Waals surface area (Å²) in [6, 6.07) is 7.70. The molecule has 28 heavy (non-hydrogen) atoms. The summed E-state index contributed by atoms with van der Waals surface area (Å²) < 4.78 is 10.7. The van der Waals surface area contributed by atoms with Gasteiger partial charge in [0.15, 0.2) is 0 Å². The van der Waals surface area contributed by atoms with E-state index in [1.165, 1.54) is 0 Å². The maximum atomic E-state index is 12.0. The highest BCUT2D eigenvalue weighted by Gasteiger charge is 2.08. The van der Waals surface area contributed by atoms with Crippen LogP contribution in [0.1, 0.15) is 90.5 Å². The highest BCUT2D eigenvalue weighted by molar-refractivity contribution is 5.72. The maximum Gasteiger partial charge on any atom is 0.311 e. The van der Waals surface area contributed by atoms with Gasteiger partial charge in [0, 0.05) is 12.8 Å². The van der Waals surface area contributed by atoms with Crippen LogP contribution in [0.3, 0.4) is 0 Å². The summed E-state index contributed by atoms with van der Waals surface area (Å²) in [7, 11) is 0. The Kier molecular flexibility index (Phi) is 13.1. The Hall–Kier alpha value is -1.84. The SMILES string of the molecule is CCc1ccccc1OC(=O)CCCCCCCCC(=O)OCCCC(C)C. The van der Waals surface area contributed by atoms with Crippen LogP contribution in [0.15, 0.2) is 24.3 Å². The number of para-hydroxylation sites is 1. The third-order valence-electron chi connectivity index (χ3n) is 4.78. The predicted molar refractivity (Wildman–Crippen MR) is 113 cm³/mol. The number of carbonyl (C=O) groups is 2. The van der Waals surface area contributed by atoms with Gasteiger partial charge in [-0.1, -0.05) is 64.7 Å². The van der Waals surface area contributed by atoms with E-state index in [1.807, 2.05) is 24.3 Å². The summed E-state index contributed by atoms with van der Waals surface area (Å²) in [5.74, 6) is 1.12. The summed E-state index contributed by atoms with van der Waals surface area (Å²) in [5.41, 5.74) is 1.06. The lowest BCUT2D eigenvalue weighted by Crippen LogP contribution is -2.08. The molecule has 0 radical (unpaired) electrons. The zero-order valence-electron chi connectivity index (χ0n) is 18.0. The van der Waals surface area contributed by atoms with Crippen LogP contribution in [0, 0.1) is 5.92 Å². The summed E-state index contributed by atoms with van der Waals surface area (Å²) >= 11 is 0. The molecule has 0 bridgehead atoms. The molecule has 0 aliphatic carbocycles. The topological polar surface area (TPSA) is 52.6 Å². The fraction of sp³-hybridized carbons (Fsp3) is 0.667. The van der Waals surface area contributed by atoms with Crippen molar-refractivity contribution in [2.75, 3.05) is 6.61 Å². The van der Waals surface area contributed by atoms with Crippen molar-refractivity contribution in [3.63, 3.8) is 0 Å². The number of hydrogen-bond donors (Lipinski definition) is 0. The number of ether oxygens (including phenoxy) is 2. The third kappa shape index (κ3) is 11.8. The largest absolute Gasteiger partial charge is 0.466 e. The van der Waals surface area contributed by atoms with Gasteiger partial charge in [-0.3, -0.25) is 9.59 Å². The van der Waals surface area contributed by atoms with Crippen molar-refractivity contribution in [1.82, 2.24) is 0 Å². The molecule has 158 valence electrons. The lowest BCUT2D eigenvalue weighted by Gasteiger charge is -2.08. The molecule has 0 atom stereocenters. The van der Waals surface area contributed by atoms with E-state index in [2.05, 4.69) is 20.8 Å². The number of benzene rings is 1. The maximum absolute atomic E-state index is 12.0. The Bertz CT molecular complexity index is 565. The molecule has 0 aliphatic heterocycles. The molecular formula is C24H38O4. The fourth-order valence-corrected chi connectivity index (χ4v) is 3.06. The van der Waals surface area contributed by atoms with Crippen LogP contribution in [0.25, 0.3) is 0 Å². The van der Waals surface area contributed by atoms with Crippen LogP contribution in [-0.2, 0) is 20.7 Å². The van der Waals surface area contributed by atoms with E-state index in [9.17, 15) is 9.59 Å². The van der Waals surface area contributed by atoms with E-state index >= 15 is 0 Å². The van der Waals surface area contributed by atoms with Crippen molar-refractivity contribution < 1.29 is 19.1 Å². The molecule has 0 unspecified atom stereocenters. The quantitative estimate of drug-likeness (QED) is 0.202. The van der Waals surface area contributed by atoms with Gasteiger partial charge in [0.1, 0.15) is 5.75 Å². The van der Waals surface area contributed by atoms with Crippen molar-refractivity contribution in [2.24, 2.45) is 5.92 Å². The molecule has 0 saturated carbocycles. The Balaban J connectivity index is 1.97. The summed E-state index contributed by atoms with van der Waals surface area (Å²) in [6.45, 7) is 6.96. The zero-order valence-corrected chi connectivity index (χ0v) is 18.0. The van der Waals surface area contributed by atoms with Crippen LogP contribution in [0.5, 0.6) is 5.75 Å². The van der Waals surface area contributed by atoms with E-state index < -0.39 is 0 Å². The molecule has 4 heteroatoms. The van der Waals surface area contributed by atoms with Gasteiger partial charge >= 0.3 is 11.9 Å². The average Bonchev–Trinajstić information content (AvgIpc) is 2.67. The Morgan fingerprint density at radius 3 is 2.11 bits per heavy atom. The summed E-state index contributed by atoms with van der Waals surface area (Å²) in [5, 5.41) is 0. The van der Waals surface area contributed by atoms with Gasteiger partial charge in [0.05, 0.1) is 6.61 Å². The van der Waals surface area contributed by atoms with Gasteiger partial charge in [-0.25, -0.2) is 0 Å². The Morgan fingerprint density at radius 2 is 1.46 bits per heavy atom. The van der Waals surface area contributed by atoms with E-state index in [0.29, 0.717) is 31.1 Å². The van der Waals surface area contributed by atoms with Crippen molar-refractivity contribution in [3.8, 4) is 5.75 Å². The van der Waals surface area contributed by atoms with Gasteiger partial charge in [-0.2, -0.15) is 0 Å². The lowest BCUT2D eigenvalue weighted by atomic mass is 10.1. The normalized spacial score (nSPS) is 10.9. The van der Waals surface area contributed by atoms with Crippen LogP contribution in [-0.4, -0.2) is 18.5 Å². The van der Waals surface area contributed by atoms with Crippen LogP contribution in [0.4, 0.5) is 0 Å². The number of carbonyl (C=O) groups excluding carboxylic acids is 2. The van der Waals surface area contributed by atoms with Crippen molar-refractivity contribution in [3.05, 3.63) is 29.8 Å². The molecule has 4 nitrogen and oxygen atoms in total. The van der Waals surface area contributed by atoms with Crippen molar-refractivity contribution >= 4 is 11.9 Å². The predicted octanol–water partition coefficient (Wildman–Crippen LogP) is 6.25. The highest BCUT2D eigenvalue weighted by Crippen LogP contribution is 2.19. The first-order valence-corrected chi connectivity index (χ1v) is 11.0. The number of aryl methyl sites for hydroxylation is 1. The van der Waals surface area contributed by atoms with Crippen molar-refractivity contribution in [2.45, 2.75) is 91.4 Å². The van der Waals surface area contributed by atoms with E-state index in [1.54, 1.807) is 0 Å². The van der Waals surface area contributed by atoms with Crippen LogP contribution < -0.4 is 4.74 Å². The first-order chi connectivity index (χ1) is 13.5. The van der Waals surface area contributed by atoms with Gasteiger partial charge < -0.3 is 9.47 Å². The molecule has 1 aromatic rings. The molecule has 0 aliphatic rings. The minimum Gasteiger partial charge on any atom is -0.466 e. The second-order valence-corrected chi connectivity index (χ2v) is 7.81. The summed E-state index contributed by atoms with van der Waals surface area (Å²) in [6.07, 6.45) is 9.86. The first kappa shape index (κ1) is 24.2. The minimum absolute atomic E-state index is 0.0705. The lowest BCUT2D eigenvalue weighted by molar-refractivity contribution is -0.144. The molecule has 0 saturated heterocycles. The molecule has 0 spiro atoms. The molecule has 0 aromatic heterocycles. The molecular weight excluding hydrogens is 352 g/mol. The molecule has 1 aromatic carbocycles. The third-order valence-corrected chi connectivity index (χ3v) is 4.78. The molecule has 0 heterocycles. The number of hydrogen-bond acceptors (Lipinski definition) is 4. The van der Waals surface area contributed by atoms with Gasteiger partial charge in [0.2, 0.25) is 0 Å². The number of unbranched alkanes of at least 4 members (excludes halogenated alkanes) is 5. The summed E-state index contributed by atoms with van der Waals surface area (Å²) in [4.78, 5) is 23.6. The van der Waals surface area contributed by atoms with E-state index in [-0.39, 0.29) is 11.9 Å². The second kappa shape index (κ2) is 15.1. The highest BCUT2D eigenvalue weighted by atomic mass is 16.5. The van der Waals surface area contributed by atoms with Crippen LogP contribution >= 0.6 is 0 Å². The van der Waals surface area contributed by atoms with E-state index in [4.69, 9.17) is 9.47 Å². The standard InChI is InChI=1S/C24H38O4/c1-4-21-15-11-12-16-22(21)28-24(26)18-10-8-6-5-7-9-17-23(25)27-19-13-14-20(2)3/h11-12,15-16,20H,4-10,13-14,17-19H2,1-3H3. The Morgan fingerprint density at radius 1 is 0.857 bits per heavy atom. The van der Waals surface area contributed by atoms with Gasteiger partial charge in [-0.15, -0.1) is 0 Å². The van der Waals surface area contributed by atoms with Gasteiger partial charge in [0.25, 0.3) is 0 Å². The molecule has 1 rings (SSSR count). The zero-order chi connectivity index (χ0) is 20.6. The fourth-order valence-electron chi connectivity index (χ4n) is 3.06. The van der Waals surface area contributed by atoms with Crippen molar-refractivity contribution in [1.29, 1.82) is 0 Å².